The standard InChI is InChI=1S/C14H21ClFNO/c1-14(2,6-7-15)10-17-9-11-4-5-12(18-3)8-13(11)16/h4-5,8,17H,6-7,9-10H2,1-3H3. The number of halogens is 2. The maximum absolute atomic E-state index is 13.7. The van der Waals surface area contributed by atoms with Crippen LogP contribution in [0.3, 0.4) is 0 Å². The molecule has 0 aromatic heterocycles. The Hall–Kier alpha value is -0.800. The SMILES string of the molecule is COc1ccc(CNCC(C)(C)CCCl)c(F)c1. The van der Waals surface area contributed by atoms with Crippen LogP contribution in [0.25, 0.3) is 0 Å². The van der Waals surface area contributed by atoms with Crippen LogP contribution in [-0.2, 0) is 6.54 Å². The number of hydrogen-bond donors (Lipinski definition) is 1. The molecule has 4 heteroatoms. The number of methoxy groups -OCH3 is 1. The Morgan fingerprint density at radius 2 is 2.11 bits per heavy atom. The number of ether oxygens (including phenoxy) is 1. The van der Waals surface area contributed by atoms with Crippen LogP contribution in [0.4, 0.5) is 4.39 Å². The van der Waals surface area contributed by atoms with Gasteiger partial charge in [0, 0.05) is 30.6 Å². The van der Waals surface area contributed by atoms with E-state index in [-0.39, 0.29) is 11.2 Å². The minimum absolute atomic E-state index is 0.130. The van der Waals surface area contributed by atoms with Crippen LogP contribution in [0, 0.1) is 11.2 Å². The molecule has 0 radical (unpaired) electrons. The van der Waals surface area contributed by atoms with Crippen molar-refractivity contribution in [2.24, 2.45) is 5.41 Å². The maximum atomic E-state index is 13.7. The molecule has 0 spiro atoms. The molecule has 0 bridgehead atoms. The average Bonchev–Trinajstić information content (AvgIpc) is 2.31. The lowest BCUT2D eigenvalue weighted by Crippen LogP contribution is -2.29. The molecule has 0 atom stereocenters. The highest BCUT2D eigenvalue weighted by Crippen LogP contribution is 2.20. The van der Waals surface area contributed by atoms with Crippen LogP contribution in [0.2, 0.25) is 0 Å². The normalized spacial score (nSPS) is 11.6. The van der Waals surface area contributed by atoms with Gasteiger partial charge in [-0.3, -0.25) is 0 Å². The van der Waals surface area contributed by atoms with E-state index in [9.17, 15) is 4.39 Å². The van der Waals surface area contributed by atoms with Crippen molar-refractivity contribution >= 4 is 11.6 Å². The van der Waals surface area contributed by atoms with Gasteiger partial charge in [0.1, 0.15) is 11.6 Å². The van der Waals surface area contributed by atoms with E-state index < -0.39 is 0 Å². The molecule has 0 saturated heterocycles. The molecule has 2 nitrogen and oxygen atoms in total. The van der Waals surface area contributed by atoms with Gasteiger partial charge in [-0.25, -0.2) is 4.39 Å². The van der Waals surface area contributed by atoms with Gasteiger partial charge in [0.25, 0.3) is 0 Å². The zero-order valence-electron chi connectivity index (χ0n) is 11.2. The molecule has 102 valence electrons. The topological polar surface area (TPSA) is 21.3 Å². The first kappa shape index (κ1) is 15.3. The van der Waals surface area contributed by atoms with Crippen molar-refractivity contribution in [1.82, 2.24) is 5.32 Å². The van der Waals surface area contributed by atoms with E-state index in [1.807, 2.05) is 0 Å². The molecule has 1 aromatic rings. The fraction of sp³-hybridized carbons (Fsp3) is 0.571. The summed E-state index contributed by atoms with van der Waals surface area (Å²) in [6.45, 7) is 5.62. The fourth-order valence-electron chi connectivity index (χ4n) is 1.68. The summed E-state index contributed by atoms with van der Waals surface area (Å²) in [7, 11) is 1.53. The summed E-state index contributed by atoms with van der Waals surface area (Å²) in [6, 6.07) is 4.92. The van der Waals surface area contributed by atoms with E-state index in [2.05, 4.69) is 19.2 Å². The van der Waals surface area contributed by atoms with Crippen LogP contribution < -0.4 is 10.1 Å². The summed E-state index contributed by atoms with van der Waals surface area (Å²) >= 11 is 5.74. The van der Waals surface area contributed by atoms with E-state index in [0.29, 0.717) is 23.7 Å². The molecule has 0 saturated carbocycles. The van der Waals surface area contributed by atoms with Crippen LogP contribution in [0.5, 0.6) is 5.75 Å². The Morgan fingerprint density at radius 3 is 2.67 bits per heavy atom. The van der Waals surface area contributed by atoms with Gasteiger partial charge in [-0.15, -0.1) is 11.6 Å². The summed E-state index contributed by atoms with van der Waals surface area (Å²) in [5.74, 6) is 0.946. The second kappa shape index (κ2) is 6.95. The molecule has 0 unspecified atom stereocenters. The van der Waals surface area contributed by atoms with Gasteiger partial charge < -0.3 is 10.1 Å². The quantitative estimate of drug-likeness (QED) is 0.767. The minimum atomic E-state index is -0.239. The summed E-state index contributed by atoms with van der Waals surface area (Å²) in [6.07, 6.45) is 0.937. The van der Waals surface area contributed by atoms with Gasteiger partial charge in [-0.2, -0.15) is 0 Å². The first-order valence-electron chi connectivity index (χ1n) is 6.07. The number of alkyl halides is 1. The smallest absolute Gasteiger partial charge is 0.131 e. The predicted molar refractivity (Wildman–Crippen MR) is 73.8 cm³/mol. The van der Waals surface area contributed by atoms with Crippen LogP contribution in [-0.4, -0.2) is 19.5 Å². The van der Waals surface area contributed by atoms with Crippen molar-refractivity contribution in [3.05, 3.63) is 29.6 Å². The van der Waals surface area contributed by atoms with E-state index in [4.69, 9.17) is 16.3 Å². The van der Waals surface area contributed by atoms with E-state index in [1.54, 1.807) is 12.1 Å². The van der Waals surface area contributed by atoms with Crippen molar-refractivity contribution in [1.29, 1.82) is 0 Å². The second-order valence-corrected chi connectivity index (χ2v) is 5.54. The molecule has 1 rings (SSSR count). The summed E-state index contributed by atoms with van der Waals surface area (Å²) in [4.78, 5) is 0. The monoisotopic (exact) mass is 273 g/mol. The van der Waals surface area contributed by atoms with Gasteiger partial charge in [-0.1, -0.05) is 19.9 Å². The minimum Gasteiger partial charge on any atom is -0.497 e. The highest BCUT2D eigenvalue weighted by molar-refractivity contribution is 6.17. The number of benzene rings is 1. The Morgan fingerprint density at radius 1 is 1.39 bits per heavy atom. The van der Waals surface area contributed by atoms with Crippen molar-refractivity contribution in [2.75, 3.05) is 19.5 Å². The van der Waals surface area contributed by atoms with Crippen LogP contribution >= 0.6 is 11.6 Å². The molecule has 1 N–H and O–H groups in total. The lowest BCUT2D eigenvalue weighted by atomic mass is 9.90. The van der Waals surface area contributed by atoms with Gasteiger partial charge in [0.2, 0.25) is 0 Å². The lowest BCUT2D eigenvalue weighted by Gasteiger charge is -2.24. The summed E-state index contributed by atoms with van der Waals surface area (Å²) in [5.41, 5.74) is 0.780. The lowest BCUT2D eigenvalue weighted by molar-refractivity contribution is 0.328. The van der Waals surface area contributed by atoms with Gasteiger partial charge in [0.15, 0.2) is 0 Å². The molecule has 0 aliphatic carbocycles. The maximum Gasteiger partial charge on any atom is 0.131 e. The third kappa shape index (κ3) is 4.83. The average molecular weight is 274 g/mol. The predicted octanol–water partition coefficient (Wildman–Crippen LogP) is 3.58. The van der Waals surface area contributed by atoms with Crippen LogP contribution in [0.15, 0.2) is 18.2 Å². The number of hydrogen-bond acceptors (Lipinski definition) is 2. The van der Waals surface area contributed by atoms with Gasteiger partial charge in [-0.05, 0) is 17.9 Å². The highest BCUT2D eigenvalue weighted by atomic mass is 35.5. The first-order chi connectivity index (χ1) is 8.48. The highest BCUT2D eigenvalue weighted by Gasteiger charge is 2.16. The van der Waals surface area contributed by atoms with E-state index >= 15 is 0 Å². The van der Waals surface area contributed by atoms with Gasteiger partial charge in [0.05, 0.1) is 7.11 Å². The second-order valence-electron chi connectivity index (χ2n) is 5.16. The third-order valence-electron chi connectivity index (χ3n) is 2.95. The molecule has 18 heavy (non-hydrogen) atoms. The zero-order valence-corrected chi connectivity index (χ0v) is 12.0. The molecule has 0 heterocycles. The fourth-order valence-corrected chi connectivity index (χ4v) is 2.19. The Kier molecular flexibility index (Phi) is 5.89. The Labute approximate surface area is 113 Å². The summed E-state index contributed by atoms with van der Waals surface area (Å²) in [5, 5.41) is 3.27. The van der Waals surface area contributed by atoms with E-state index in [1.165, 1.54) is 13.2 Å². The molecule has 0 aliphatic heterocycles. The molecule has 0 fully saturated rings. The van der Waals surface area contributed by atoms with E-state index in [0.717, 1.165) is 13.0 Å². The largest absolute Gasteiger partial charge is 0.497 e. The summed E-state index contributed by atoms with van der Waals surface area (Å²) < 4.78 is 18.6. The molecule has 0 aliphatic rings. The zero-order chi connectivity index (χ0) is 13.6. The molecule has 1 aromatic carbocycles. The third-order valence-corrected chi connectivity index (χ3v) is 3.14. The van der Waals surface area contributed by atoms with Crippen molar-refractivity contribution < 1.29 is 9.13 Å². The van der Waals surface area contributed by atoms with Crippen LogP contribution in [0.1, 0.15) is 25.8 Å². The van der Waals surface area contributed by atoms with Crippen molar-refractivity contribution in [3.63, 3.8) is 0 Å². The number of nitrogens with one attached hydrogen (secondary N) is 1. The molecular formula is C14H21ClFNO. The number of rotatable bonds is 7. The van der Waals surface area contributed by atoms with Crippen molar-refractivity contribution in [2.45, 2.75) is 26.8 Å². The Bertz CT molecular complexity index is 382. The van der Waals surface area contributed by atoms with Gasteiger partial charge >= 0.3 is 0 Å². The first-order valence-corrected chi connectivity index (χ1v) is 6.61. The Balaban J connectivity index is 2.49. The van der Waals surface area contributed by atoms with Crippen molar-refractivity contribution in [3.8, 4) is 5.75 Å². The molecular weight excluding hydrogens is 253 g/mol. The molecule has 0 amide bonds.